The Hall–Kier alpha value is -1.91. The van der Waals surface area contributed by atoms with Crippen LogP contribution in [-0.2, 0) is 14.6 Å². The third-order valence-corrected chi connectivity index (χ3v) is 5.06. The van der Waals surface area contributed by atoms with E-state index in [1.54, 1.807) is 12.1 Å². The van der Waals surface area contributed by atoms with E-state index in [9.17, 15) is 13.2 Å². The highest BCUT2D eigenvalue weighted by atomic mass is 32.2. The van der Waals surface area contributed by atoms with Gasteiger partial charge in [0.25, 0.3) is 0 Å². The predicted molar refractivity (Wildman–Crippen MR) is 77.2 cm³/mol. The zero-order chi connectivity index (χ0) is 15.3. The van der Waals surface area contributed by atoms with E-state index in [4.69, 9.17) is 5.26 Å². The van der Waals surface area contributed by atoms with E-state index in [1.165, 1.54) is 12.1 Å². The number of amides is 1. The molecule has 1 aromatic rings. The van der Waals surface area contributed by atoms with E-state index in [1.807, 2.05) is 6.07 Å². The zero-order valence-electron chi connectivity index (χ0n) is 11.5. The lowest BCUT2D eigenvalue weighted by atomic mass is 10.2. The number of nitrogens with zero attached hydrogens (tertiary/aromatic N) is 1. The predicted octanol–water partition coefficient (Wildman–Crippen LogP) is 0.200. The molecule has 0 spiro atoms. The van der Waals surface area contributed by atoms with E-state index in [0.717, 1.165) is 6.42 Å². The Kier molecular flexibility index (Phi) is 4.94. The average molecular weight is 307 g/mol. The van der Waals surface area contributed by atoms with Gasteiger partial charge in [-0.1, -0.05) is 6.07 Å². The van der Waals surface area contributed by atoms with Gasteiger partial charge in [-0.2, -0.15) is 5.26 Å². The molecule has 0 aromatic heterocycles. The number of carbonyl (C=O) groups excluding carboxylic acids is 1. The maximum Gasteiger partial charge on any atom is 0.220 e. The molecule has 2 rings (SSSR count). The molecule has 7 heteroatoms. The molecule has 0 saturated carbocycles. The van der Waals surface area contributed by atoms with Crippen molar-refractivity contribution in [2.45, 2.75) is 23.8 Å². The van der Waals surface area contributed by atoms with Crippen molar-refractivity contribution in [3.8, 4) is 6.07 Å². The first-order chi connectivity index (χ1) is 10.0. The minimum absolute atomic E-state index is 0.0391. The van der Waals surface area contributed by atoms with E-state index >= 15 is 0 Å². The summed E-state index contributed by atoms with van der Waals surface area (Å²) in [5, 5.41) is 14.6. The summed E-state index contributed by atoms with van der Waals surface area (Å²) in [6, 6.07) is 8.02. The van der Waals surface area contributed by atoms with Gasteiger partial charge in [0.2, 0.25) is 5.91 Å². The first kappa shape index (κ1) is 15.5. The summed E-state index contributed by atoms with van der Waals surface area (Å²) >= 11 is 0. The molecule has 0 aliphatic carbocycles. The average Bonchev–Trinajstić information content (AvgIpc) is 2.89. The molecule has 1 fully saturated rings. The standard InChI is InChI=1S/C14H17N3O3S/c15-9-11-2-1-3-13(8-11)21(19,20)7-6-16-10-12-4-5-14(18)17-12/h1-3,8,12,16H,4-7,10H2,(H,17,18). The minimum atomic E-state index is -3.40. The Morgan fingerprint density at radius 1 is 1.43 bits per heavy atom. The SMILES string of the molecule is N#Cc1cccc(S(=O)(=O)CCNCC2CCC(=O)N2)c1. The summed E-state index contributed by atoms with van der Waals surface area (Å²) in [5.74, 6) is 0.00507. The van der Waals surface area contributed by atoms with E-state index < -0.39 is 9.84 Å². The summed E-state index contributed by atoms with van der Waals surface area (Å²) in [6.45, 7) is 0.880. The molecule has 1 atom stereocenters. The highest BCUT2D eigenvalue weighted by Crippen LogP contribution is 2.12. The lowest BCUT2D eigenvalue weighted by Gasteiger charge is -2.11. The summed E-state index contributed by atoms with van der Waals surface area (Å²) in [5.41, 5.74) is 0.331. The molecule has 1 heterocycles. The number of nitriles is 1. The molecule has 6 nitrogen and oxygen atoms in total. The van der Waals surface area contributed by atoms with E-state index in [0.29, 0.717) is 25.1 Å². The van der Waals surface area contributed by atoms with Crippen LogP contribution in [-0.4, -0.2) is 39.2 Å². The largest absolute Gasteiger partial charge is 0.352 e. The lowest BCUT2D eigenvalue weighted by molar-refractivity contribution is -0.119. The van der Waals surface area contributed by atoms with Gasteiger partial charge < -0.3 is 10.6 Å². The summed E-state index contributed by atoms with van der Waals surface area (Å²) in [4.78, 5) is 11.2. The van der Waals surface area contributed by atoms with Gasteiger partial charge in [-0.25, -0.2) is 8.42 Å². The smallest absolute Gasteiger partial charge is 0.220 e. The molecule has 1 amide bonds. The Bertz CT molecular complexity index is 664. The van der Waals surface area contributed by atoms with E-state index in [2.05, 4.69) is 10.6 Å². The molecule has 1 aromatic carbocycles. The fourth-order valence-electron chi connectivity index (χ4n) is 2.19. The van der Waals surface area contributed by atoms with Crippen LogP contribution >= 0.6 is 0 Å². The molecule has 1 unspecified atom stereocenters. The lowest BCUT2D eigenvalue weighted by Crippen LogP contribution is -2.37. The quantitative estimate of drug-likeness (QED) is 0.731. The van der Waals surface area contributed by atoms with Gasteiger partial charge in [0.05, 0.1) is 22.3 Å². The third-order valence-electron chi connectivity index (χ3n) is 3.35. The second-order valence-corrected chi connectivity index (χ2v) is 7.07. The second kappa shape index (κ2) is 6.70. The van der Waals surface area contributed by atoms with Gasteiger partial charge in [0.1, 0.15) is 0 Å². The Morgan fingerprint density at radius 2 is 2.24 bits per heavy atom. The topological polar surface area (TPSA) is 99.1 Å². The van der Waals surface area contributed by atoms with Gasteiger partial charge >= 0.3 is 0 Å². The van der Waals surface area contributed by atoms with Gasteiger partial charge in [-0.05, 0) is 24.6 Å². The number of hydrogen-bond acceptors (Lipinski definition) is 5. The second-order valence-electron chi connectivity index (χ2n) is 4.97. The number of benzene rings is 1. The monoisotopic (exact) mass is 307 g/mol. The number of carbonyl (C=O) groups is 1. The van der Waals surface area contributed by atoms with Gasteiger partial charge in [0, 0.05) is 25.6 Å². The Labute approximate surface area is 124 Å². The van der Waals surface area contributed by atoms with Crippen LogP contribution in [0.25, 0.3) is 0 Å². The minimum Gasteiger partial charge on any atom is -0.352 e. The van der Waals surface area contributed by atoms with Crippen molar-refractivity contribution in [2.24, 2.45) is 0 Å². The first-order valence-electron chi connectivity index (χ1n) is 6.74. The van der Waals surface area contributed by atoms with Crippen molar-refractivity contribution in [1.29, 1.82) is 5.26 Å². The van der Waals surface area contributed by atoms with Crippen LogP contribution in [0.2, 0.25) is 0 Å². The molecular weight excluding hydrogens is 290 g/mol. The molecule has 1 aliphatic heterocycles. The van der Waals surface area contributed by atoms with Crippen LogP contribution in [0.5, 0.6) is 0 Å². The molecule has 1 saturated heterocycles. The first-order valence-corrected chi connectivity index (χ1v) is 8.39. The van der Waals surface area contributed by atoms with Crippen molar-refractivity contribution >= 4 is 15.7 Å². The van der Waals surface area contributed by atoms with Crippen LogP contribution in [0.3, 0.4) is 0 Å². The summed E-state index contributed by atoms with van der Waals surface area (Å²) in [6.07, 6.45) is 1.31. The summed E-state index contributed by atoms with van der Waals surface area (Å²) < 4.78 is 24.3. The third kappa shape index (κ3) is 4.28. The highest BCUT2D eigenvalue weighted by Gasteiger charge is 2.20. The number of sulfone groups is 1. The fourth-order valence-corrected chi connectivity index (χ4v) is 3.43. The molecule has 21 heavy (non-hydrogen) atoms. The molecule has 2 N–H and O–H groups in total. The van der Waals surface area contributed by atoms with Crippen LogP contribution in [0.1, 0.15) is 18.4 Å². The van der Waals surface area contributed by atoms with Crippen molar-refractivity contribution in [3.63, 3.8) is 0 Å². The Balaban J connectivity index is 1.84. The van der Waals surface area contributed by atoms with Gasteiger partial charge in [-0.3, -0.25) is 4.79 Å². The Morgan fingerprint density at radius 3 is 2.90 bits per heavy atom. The normalized spacial score (nSPS) is 18.2. The fraction of sp³-hybridized carbons (Fsp3) is 0.429. The molecule has 1 aliphatic rings. The van der Waals surface area contributed by atoms with Crippen LogP contribution in [0.15, 0.2) is 29.2 Å². The number of nitrogens with one attached hydrogen (secondary N) is 2. The van der Waals surface area contributed by atoms with Crippen LogP contribution in [0, 0.1) is 11.3 Å². The van der Waals surface area contributed by atoms with E-state index in [-0.39, 0.29) is 22.6 Å². The van der Waals surface area contributed by atoms with Gasteiger partial charge in [0.15, 0.2) is 9.84 Å². The maximum absolute atomic E-state index is 12.1. The number of hydrogen-bond donors (Lipinski definition) is 2. The van der Waals surface area contributed by atoms with Gasteiger partial charge in [-0.15, -0.1) is 0 Å². The number of rotatable bonds is 6. The van der Waals surface area contributed by atoms with Crippen LogP contribution in [0.4, 0.5) is 0 Å². The molecule has 0 bridgehead atoms. The zero-order valence-corrected chi connectivity index (χ0v) is 12.3. The van der Waals surface area contributed by atoms with Crippen molar-refractivity contribution in [1.82, 2.24) is 10.6 Å². The van der Waals surface area contributed by atoms with Crippen molar-refractivity contribution in [2.75, 3.05) is 18.8 Å². The molecular formula is C14H17N3O3S. The molecule has 0 radical (unpaired) electrons. The van der Waals surface area contributed by atoms with Crippen molar-refractivity contribution < 1.29 is 13.2 Å². The maximum atomic E-state index is 12.1. The highest BCUT2D eigenvalue weighted by molar-refractivity contribution is 7.91. The van der Waals surface area contributed by atoms with Crippen LogP contribution < -0.4 is 10.6 Å². The molecule has 112 valence electrons. The van der Waals surface area contributed by atoms with Crippen molar-refractivity contribution in [3.05, 3.63) is 29.8 Å². The summed E-state index contributed by atoms with van der Waals surface area (Å²) in [7, 11) is -3.40.